The first-order valence-corrected chi connectivity index (χ1v) is 15.5. The molecular formula is C31H35ClN2O5S. The summed E-state index contributed by atoms with van der Waals surface area (Å²) in [7, 11) is -1.99. The van der Waals surface area contributed by atoms with Crippen LogP contribution < -0.4 is 4.74 Å². The van der Waals surface area contributed by atoms with Gasteiger partial charge >= 0.3 is 0 Å². The first-order chi connectivity index (χ1) is 19.2. The minimum absolute atomic E-state index is 0.0483. The van der Waals surface area contributed by atoms with Gasteiger partial charge < -0.3 is 14.4 Å². The smallest absolute Gasteiger partial charge is 0.254 e. The van der Waals surface area contributed by atoms with Gasteiger partial charge in [0.05, 0.1) is 24.9 Å². The summed E-state index contributed by atoms with van der Waals surface area (Å²) in [6, 6.07) is 20.2. The van der Waals surface area contributed by atoms with Crippen molar-refractivity contribution in [2.45, 2.75) is 50.7 Å². The number of hydrogen-bond acceptors (Lipinski definition) is 5. The summed E-state index contributed by atoms with van der Waals surface area (Å²) < 4.78 is 40.6. The van der Waals surface area contributed by atoms with Crippen LogP contribution >= 0.6 is 11.6 Å². The average Bonchev–Trinajstić information content (AvgIpc) is 3.58. The van der Waals surface area contributed by atoms with Crippen molar-refractivity contribution in [1.82, 2.24) is 9.21 Å². The fourth-order valence-electron chi connectivity index (χ4n) is 5.69. The fourth-order valence-corrected chi connectivity index (χ4v) is 7.73. The lowest BCUT2D eigenvalue weighted by Crippen LogP contribution is -2.32. The molecule has 2 fully saturated rings. The van der Waals surface area contributed by atoms with E-state index in [1.807, 2.05) is 50.2 Å². The summed E-state index contributed by atoms with van der Waals surface area (Å²) in [6.45, 7) is 5.16. The summed E-state index contributed by atoms with van der Waals surface area (Å²) in [5.41, 5.74) is 4.12. The Balaban J connectivity index is 1.29. The quantitative estimate of drug-likeness (QED) is 0.348. The van der Waals surface area contributed by atoms with Crippen LogP contribution in [0.1, 0.15) is 51.5 Å². The molecular weight excluding hydrogens is 548 g/mol. The maximum atomic E-state index is 13.5. The second kappa shape index (κ2) is 11.9. The second-order valence-corrected chi connectivity index (χ2v) is 13.0. The summed E-state index contributed by atoms with van der Waals surface area (Å²) in [6.07, 6.45) is 0.843. The van der Waals surface area contributed by atoms with Crippen molar-refractivity contribution < 1.29 is 22.7 Å². The molecule has 0 N–H and O–H groups in total. The first-order valence-electron chi connectivity index (χ1n) is 13.5. The van der Waals surface area contributed by atoms with Crippen molar-refractivity contribution in [2.24, 2.45) is 0 Å². The third-order valence-electron chi connectivity index (χ3n) is 7.79. The molecule has 40 heavy (non-hydrogen) atoms. The number of nitrogens with zero attached hydrogens (tertiary/aromatic N) is 2. The van der Waals surface area contributed by atoms with Crippen molar-refractivity contribution >= 4 is 27.5 Å². The minimum atomic E-state index is -3.60. The Bertz CT molecular complexity index is 1490. The van der Waals surface area contributed by atoms with Gasteiger partial charge in [-0.25, -0.2) is 8.42 Å². The van der Waals surface area contributed by atoms with E-state index < -0.39 is 10.0 Å². The largest absolute Gasteiger partial charge is 0.486 e. The van der Waals surface area contributed by atoms with Gasteiger partial charge in [-0.2, -0.15) is 4.31 Å². The molecule has 0 aromatic heterocycles. The number of ether oxygens (including phenoxy) is 2. The Morgan fingerprint density at radius 2 is 1.77 bits per heavy atom. The molecule has 0 saturated carbocycles. The Hall–Kier alpha value is -2.91. The van der Waals surface area contributed by atoms with Crippen molar-refractivity contribution in [3.8, 4) is 5.75 Å². The normalized spacial score (nSPS) is 21.6. The Morgan fingerprint density at radius 3 is 2.55 bits per heavy atom. The highest BCUT2D eigenvalue weighted by Crippen LogP contribution is 2.38. The molecule has 2 heterocycles. The highest BCUT2D eigenvalue weighted by molar-refractivity contribution is 7.88. The number of hydrogen-bond donors (Lipinski definition) is 0. The number of halogens is 1. The molecule has 9 heteroatoms. The number of sulfonamides is 1. The number of benzene rings is 3. The van der Waals surface area contributed by atoms with E-state index in [-0.39, 0.29) is 29.9 Å². The monoisotopic (exact) mass is 582 g/mol. The van der Waals surface area contributed by atoms with Crippen LogP contribution in [0, 0.1) is 13.8 Å². The topological polar surface area (TPSA) is 76.1 Å². The molecule has 0 radical (unpaired) electrons. The van der Waals surface area contributed by atoms with Gasteiger partial charge in [0.2, 0.25) is 10.0 Å². The van der Waals surface area contributed by atoms with Crippen LogP contribution in [0.4, 0.5) is 0 Å². The maximum absolute atomic E-state index is 13.5. The molecule has 5 rings (SSSR count). The van der Waals surface area contributed by atoms with E-state index in [1.54, 1.807) is 46.6 Å². The highest BCUT2D eigenvalue weighted by atomic mass is 35.5. The van der Waals surface area contributed by atoms with Gasteiger partial charge in [0, 0.05) is 24.2 Å². The lowest BCUT2D eigenvalue weighted by molar-refractivity contribution is 0.0339. The Morgan fingerprint density at radius 1 is 1.00 bits per heavy atom. The summed E-state index contributed by atoms with van der Waals surface area (Å²) >= 11 is 6.41. The van der Waals surface area contributed by atoms with E-state index in [0.717, 1.165) is 29.5 Å². The lowest BCUT2D eigenvalue weighted by Gasteiger charge is -2.25. The zero-order valence-electron chi connectivity index (χ0n) is 23.0. The van der Waals surface area contributed by atoms with E-state index in [9.17, 15) is 13.2 Å². The van der Waals surface area contributed by atoms with E-state index in [4.69, 9.17) is 21.1 Å². The van der Waals surface area contributed by atoms with E-state index in [1.165, 1.54) is 0 Å². The van der Waals surface area contributed by atoms with Crippen LogP contribution in [0.15, 0.2) is 66.7 Å². The van der Waals surface area contributed by atoms with E-state index in [0.29, 0.717) is 41.5 Å². The Kier molecular flexibility index (Phi) is 8.52. The number of amides is 1. The van der Waals surface area contributed by atoms with Crippen LogP contribution in [-0.2, 0) is 20.5 Å². The molecule has 3 aromatic carbocycles. The van der Waals surface area contributed by atoms with Crippen LogP contribution in [0.3, 0.4) is 0 Å². The number of carbonyl (C=O) groups is 1. The zero-order chi connectivity index (χ0) is 28.4. The summed E-state index contributed by atoms with van der Waals surface area (Å²) in [5.74, 6) is 0.360. The van der Waals surface area contributed by atoms with Gasteiger partial charge in [0.15, 0.2) is 0 Å². The molecule has 1 amide bonds. The van der Waals surface area contributed by atoms with Crippen LogP contribution in [-0.4, -0.2) is 62.5 Å². The minimum Gasteiger partial charge on any atom is -0.486 e. The molecule has 7 nitrogen and oxygen atoms in total. The van der Waals surface area contributed by atoms with Crippen molar-refractivity contribution in [3.05, 3.63) is 99.6 Å². The van der Waals surface area contributed by atoms with Crippen molar-refractivity contribution in [2.75, 3.05) is 26.7 Å². The molecule has 3 unspecified atom stereocenters. The van der Waals surface area contributed by atoms with Gasteiger partial charge in [-0.05, 0) is 67.6 Å². The third kappa shape index (κ3) is 6.05. The molecule has 2 aliphatic heterocycles. The average molecular weight is 583 g/mol. The number of rotatable bonds is 8. The molecule has 2 saturated heterocycles. The number of likely N-dealkylation sites (tertiary alicyclic amines) is 1. The van der Waals surface area contributed by atoms with E-state index in [2.05, 4.69) is 0 Å². The predicted octanol–water partition coefficient (Wildman–Crippen LogP) is 5.54. The van der Waals surface area contributed by atoms with Crippen LogP contribution in [0.2, 0.25) is 5.02 Å². The van der Waals surface area contributed by atoms with Crippen molar-refractivity contribution in [3.63, 3.8) is 0 Å². The lowest BCUT2D eigenvalue weighted by atomic mass is 10.0. The van der Waals surface area contributed by atoms with Gasteiger partial charge in [0.25, 0.3) is 5.91 Å². The Labute approximate surface area is 241 Å². The number of aryl methyl sites for hydroxylation is 2. The molecule has 0 spiro atoms. The fraction of sp³-hybridized carbons (Fsp3) is 0.387. The molecule has 0 aliphatic carbocycles. The van der Waals surface area contributed by atoms with Gasteiger partial charge in [-0.1, -0.05) is 59.6 Å². The summed E-state index contributed by atoms with van der Waals surface area (Å²) in [5, 5.41) is 0.583. The standard InChI is InChI=1S/C31H35ClN2O5S/c1-21-13-14-22(2)26(16-21)31(35)33-18-29(38-3)30(19-33)39-24-9-6-8-23(17-24)20-40(36,37)34-15-7-12-28(34)25-10-4-5-11-27(25)32/h4-6,8-11,13-14,16-17,28-30H,7,12,15,18-20H2,1-3H3. The molecule has 0 bridgehead atoms. The molecule has 3 aromatic rings. The second-order valence-electron chi connectivity index (χ2n) is 10.7. The van der Waals surface area contributed by atoms with Crippen LogP contribution in [0.25, 0.3) is 0 Å². The molecule has 2 aliphatic rings. The number of methoxy groups -OCH3 is 1. The van der Waals surface area contributed by atoms with Gasteiger partial charge in [-0.3, -0.25) is 4.79 Å². The zero-order valence-corrected chi connectivity index (χ0v) is 24.6. The third-order valence-corrected chi connectivity index (χ3v) is 9.98. The number of carbonyl (C=O) groups excluding carboxylic acids is 1. The van der Waals surface area contributed by atoms with Gasteiger partial charge in [-0.15, -0.1) is 0 Å². The predicted molar refractivity (Wildman–Crippen MR) is 156 cm³/mol. The van der Waals surface area contributed by atoms with E-state index >= 15 is 0 Å². The van der Waals surface area contributed by atoms with Gasteiger partial charge in [0.1, 0.15) is 18.0 Å². The summed E-state index contributed by atoms with van der Waals surface area (Å²) in [4.78, 5) is 15.1. The molecule has 3 atom stereocenters. The SMILES string of the molecule is COC1CN(C(=O)c2cc(C)ccc2C)CC1Oc1cccc(CS(=O)(=O)N2CCCC2c2ccccc2Cl)c1. The maximum Gasteiger partial charge on any atom is 0.254 e. The first kappa shape index (κ1) is 28.6. The van der Waals surface area contributed by atoms with Crippen LogP contribution in [0.5, 0.6) is 5.75 Å². The molecule has 212 valence electrons. The highest BCUT2D eigenvalue weighted by Gasteiger charge is 2.38. The van der Waals surface area contributed by atoms with Crippen molar-refractivity contribution in [1.29, 1.82) is 0 Å².